The topological polar surface area (TPSA) is 73.9 Å². The molecule has 0 bridgehead atoms. The van der Waals surface area contributed by atoms with E-state index in [1.54, 1.807) is 24.8 Å². The average Bonchev–Trinajstić information content (AvgIpc) is 3.22. The molecule has 3 aromatic rings. The predicted molar refractivity (Wildman–Crippen MR) is 101 cm³/mol. The summed E-state index contributed by atoms with van der Waals surface area (Å²) in [6.07, 6.45) is 8.66. The van der Waals surface area contributed by atoms with Crippen LogP contribution in [0.25, 0.3) is 11.1 Å². The Kier molecular flexibility index (Phi) is 3.95. The third-order valence-electron chi connectivity index (χ3n) is 4.77. The van der Waals surface area contributed by atoms with E-state index >= 15 is 0 Å². The van der Waals surface area contributed by atoms with E-state index in [2.05, 4.69) is 37.3 Å². The molecule has 4 rings (SSSR count). The van der Waals surface area contributed by atoms with E-state index in [0.717, 1.165) is 35.5 Å². The van der Waals surface area contributed by atoms with Crippen LogP contribution < -0.4 is 10.2 Å². The number of benzene rings is 1. The van der Waals surface area contributed by atoms with E-state index in [1.165, 1.54) is 0 Å². The lowest BCUT2D eigenvalue weighted by molar-refractivity contribution is 0.0928. The van der Waals surface area contributed by atoms with Gasteiger partial charge < -0.3 is 15.2 Å². The minimum absolute atomic E-state index is 0.127. The maximum atomic E-state index is 12.7. The summed E-state index contributed by atoms with van der Waals surface area (Å²) in [4.78, 5) is 26.4. The van der Waals surface area contributed by atoms with Gasteiger partial charge in [-0.3, -0.25) is 9.78 Å². The molecular weight excluding hydrogens is 326 g/mol. The average molecular weight is 347 g/mol. The van der Waals surface area contributed by atoms with Crippen LogP contribution in [-0.4, -0.2) is 35.0 Å². The van der Waals surface area contributed by atoms with Crippen LogP contribution in [0.3, 0.4) is 0 Å². The Hall–Kier alpha value is -3.15. The van der Waals surface area contributed by atoms with Gasteiger partial charge in [-0.05, 0) is 36.6 Å². The summed E-state index contributed by atoms with van der Waals surface area (Å²) in [6.45, 7) is 0. The first-order valence-corrected chi connectivity index (χ1v) is 8.63. The molecule has 1 amide bonds. The van der Waals surface area contributed by atoms with Crippen LogP contribution in [0.2, 0.25) is 0 Å². The number of nitrogens with one attached hydrogen (secondary N) is 2. The van der Waals surface area contributed by atoms with E-state index in [9.17, 15) is 4.79 Å². The lowest BCUT2D eigenvalue weighted by atomic mass is 10.0. The lowest BCUT2D eigenvalue weighted by Gasteiger charge is -2.15. The lowest BCUT2D eigenvalue weighted by Crippen LogP contribution is -2.35. The number of imidazole rings is 1. The van der Waals surface area contributed by atoms with E-state index in [1.807, 2.05) is 32.3 Å². The minimum atomic E-state index is -0.357. The Balaban J connectivity index is 1.55. The fourth-order valence-corrected chi connectivity index (χ4v) is 3.04. The molecule has 132 valence electrons. The van der Waals surface area contributed by atoms with Gasteiger partial charge in [-0.2, -0.15) is 0 Å². The number of carbonyl (C=O) groups excluding carboxylic acids is 1. The summed E-state index contributed by atoms with van der Waals surface area (Å²) in [6, 6.07) is 10.1. The van der Waals surface area contributed by atoms with Crippen LogP contribution in [0.5, 0.6) is 0 Å². The molecule has 0 saturated heterocycles. The Bertz CT molecular complexity index is 912. The largest absolute Gasteiger partial charge is 0.378 e. The maximum Gasteiger partial charge on any atom is 0.253 e. The third kappa shape index (κ3) is 3.06. The monoisotopic (exact) mass is 347 g/mol. The molecule has 0 radical (unpaired) electrons. The number of hydrogen-bond donors (Lipinski definition) is 2. The number of H-pyrrole nitrogens is 1. The van der Waals surface area contributed by atoms with Gasteiger partial charge in [0, 0.05) is 50.1 Å². The number of aromatic amines is 1. The van der Waals surface area contributed by atoms with Gasteiger partial charge in [0.05, 0.1) is 11.1 Å². The molecule has 0 atom stereocenters. The fourth-order valence-electron chi connectivity index (χ4n) is 3.04. The fraction of sp³-hybridized carbons (Fsp3) is 0.250. The number of aromatic nitrogens is 3. The zero-order chi connectivity index (χ0) is 18.1. The van der Waals surface area contributed by atoms with Crippen LogP contribution in [0.4, 0.5) is 5.69 Å². The van der Waals surface area contributed by atoms with Crippen LogP contribution in [0.15, 0.2) is 55.1 Å². The Labute approximate surface area is 152 Å². The summed E-state index contributed by atoms with van der Waals surface area (Å²) in [5, 5.41) is 3.11. The first-order valence-electron chi connectivity index (χ1n) is 8.63. The molecule has 2 N–H and O–H groups in total. The second-order valence-electron chi connectivity index (χ2n) is 6.88. The molecule has 0 spiro atoms. The third-order valence-corrected chi connectivity index (χ3v) is 4.77. The van der Waals surface area contributed by atoms with Crippen LogP contribution in [0, 0.1) is 0 Å². The quantitative estimate of drug-likeness (QED) is 0.744. The molecule has 1 aliphatic carbocycles. The molecule has 1 fully saturated rings. The van der Waals surface area contributed by atoms with Crippen molar-refractivity contribution in [3.63, 3.8) is 0 Å². The Morgan fingerprint density at radius 2 is 1.92 bits per heavy atom. The molecule has 1 saturated carbocycles. The summed E-state index contributed by atoms with van der Waals surface area (Å²) >= 11 is 0. The highest BCUT2D eigenvalue weighted by atomic mass is 16.1. The van der Waals surface area contributed by atoms with Crippen molar-refractivity contribution in [1.82, 2.24) is 20.3 Å². The molecule has 6 nitrogen and oxygen atoms in total. The molecule has 6 heteroatoms. The van der Waals surface area contributed by atoms with Gasteiger partial charge in [0.15, 0.2) is 0 Å². The van der Waals surface area contributed by atoms with Gasteiger partial charge in [-0.25, -0.2) is 4.98 Å². The van der Waals surface area contributed by atoms with Gasteiger partial charge in [-0.1, -0.05) is 12.1 Å². The van der Waals surface area contributed by atoms with E-state index in [0.29, 0.717) is 5.56 Å². The number of anilines is 1. The summed E-state index contributed by atoms with van der Waals surface area (Å²) < 4.78 is 0. The van der Waals surface area contributed by atoms with E-state index in [4.69, 9.17) is 0 Å². The van der Waals surface area contributed by atoms with Crippen molar-refractivity contribution in [3.8, 4) is 11.1 Å². The standard InChI is InChI=1S/C20H21N5O/c1-25(2)17-5-3-14(4-6-17)15-11-16(13-21-12-15)18(26)24-20(7-8-20)19-22-9-10-23-19/h3-6,9-13H,7-8H2,1-2H3,(H,22,23)(H,24,26). The van der Waals surface area contributed by atoms with Crippen molar-refractivity contribution in [1.29, 1.82) is 0 Å². The smallest absolute Gasteiger partial charge is 0.253 e. The Morgan fingerprint density at radius 1 is 1.15 bits per heavy atom. The molecule has 0 aliphatic heterocycles. The zero-order valence-corrected chi connectivity index (χ0v) is 14.9. The molecule has 0 unspecified atom stereocenters. The molecule has 26 heavy (non-hydrogen) atoms. The van der Waals surface area contributed by atoms with Gasteiger partial charge >= 0.3 is 0 Å². The maximum absolute atomic E-state index is 12.7. The molecule has 2 heterocycles. The second kappa shape index (κ2) is 6.29. The number of nitrogens with zero attached hydrogens (tertiary/aromatic N) is 3. The molecule has 1 aliphatic rings. The molecule has 1 aromatic carbocycles. The van der Waals surface area contributed by atoms with Gasteiger partial charge in [0.1, 0.15) is 5.82 Å². The van der Waals surface area contributed by atoms with Crippen molar-refractivity contribution < 1.29 is 4.79 Å². The first-order chi connectivity index (χ1) is 12.6. The second-order valence-corrected chi connectivity index (χ2v) is 6.88. The van der Waals surface area contributed by atoms with E-state index < -0.39 is 0 Å². The summed E-state index contributed by atoms with van der Waals surface area (Å²) in [5.41, 5.74) is 3.28. The van der Waals surface area contributed by atoms with Crippen molar-refractivity contribution in [3.05, 3.63) is 66.5 Å². The number of carbonyl (C=O) groups is 1. The first kappa shape index (κ1) is 16.3. The van der Waals surface area contributed by atoms with Crippen LogP contribution in [-0.2, 0) is 5.54 Å². The Morgan fingerprint density at radius 3 is 2.54 bits per heavy atom. The van der Waals surface area contributed by atoms with E-state index in [-0.39, 0.29) is 11.4 Å². The highest BCUT2D eigenvalue weighted by Gasteiger charge is 2.48. The summed E-state index contributed by atoms with van der Waals surface area (Å²) in [5.74, 6) is 0.687. The van der Waals surface area contributed by atoms with Crippen molar-refractivity contribution >= 4 is 11.6 Å². The highest BCUT2D eigenvalue weighted by Crippen LogP contribution is 2.43. The number of rotatable bonds is 5. The van der Waals surface area contributed by atoms with Gasteiger partial charge in [0.25, 0.3) is 5.91 Å². The SMILES string of the molecule is CN(C)c1ccc(-c2cncc(C(=O)NC3(c4ncc[nH]4)CC3)c2)cc1. The van der Waals surface area contributed by atoms with Gasteiger partial charge in [0.2, 0.25) is 0 Å². The van der Waals surface area contributed by atoms with Crippen LogP contribution in [0.1, 0.15) is 29.0 Å². The minimum Gasteiger partial charge on any atom is -0.378 e. The number of pyridine rings is 1. The van der Waals surface area contributed by atoms with Gasteiger partial charge in [-0.15, -0.1) is 0 Å². The highest BCUT2D eigenvalue weighted by molar-refractivity contribution is 5.95. The number of hydrogen-bond acceptors (Lipinski definition) is 4. The van der Waals surface area contributed by atoms with Crippen molar-refractivity contribution in [2.45, 2.75) is 18.4 Å². The van der Waals surface area contributed by atoms with Crippen molar-refractivity contribution in [2.24, 2.45) is 0 Å². The zero-order valence-electron chi connectivity index (χ0n) is 14.9. The predicted octanol–water partition coefficient (Wildman–Crippen LogP) is 2.96. The summed E-state index contributed by atoms with van der Waals surface area (Å²) in [7, 11) is 4.02. The molecular formula is C20H21N5O. The molecule has 2 aromatic heterocycles. The number of amides is 1. The van der Waals surface area contributed by atoms with Crippen molar-refractivity contribution in [2.75, 3.05) is 19.0 Å². The van der Waals surface area contributed by atoms with Crippen LogP contribution >= 0.6 is 0 Å². The normalized spacial score (nSPS) is 14.7.